The number of hydrogen-bond donors (Lipinski definition) is 3. The van der Waals surface area contributed by atoms with Crippen LogP contribution in [-0.4, -0.2) is 96.7 Å². The van der Waals surface area contributed by atoms with Gasteiger partial charge in [-0.3, -0.25) is 37.3 Å². The predicted molar refractivity (Wildman–Crippen MR) is 359 cm³/mol. The molecule has 0 saturated carbocycles. The lowest BCUT2D eigenvalue weighted by Gasteiger charge is -2.21. The van der Waals surface area contributed by atoms with E-state index < -0.39 is 97.5 Å². The standard InChI is InChI=1S/C70H136O17P2/c1-5-9-13-17-20-23-26-28-30-32-34-36-38-41-43-47-51-55-68(73)81-61-66(87-70(75)57-53-49-45-42-39-37-35-33-31-29-27-24-21-18-14-10-6-2)63-85-89(78,79)83-59-64(71)58-82-88(76,77)84-62-65(60-80-67(72)54-50-46-16-12-8-4)86-69(74)56-52-48-44-40-25-22-19-15-11-7-3/h64-66,71H,5-63H2,1-4H3,(H,76,77)(H,78,79)/t64-,65+,66+/m0/s1. The van der Waals surface area contributed by atoms with Crippen LogP contribution in [0, 0.1) is 0 Å². The van der Waals surface area contributed by atoms with E-state index in [9.17, 15) is 43.2 Å². The van der Waals surface area contributed by atoms with E-state index in [2.05, 4.69) is 27.7 Å². The van der Waals surface area contributed by atoms with Crippen molar-refractivity contribution >= 4 is 39.5 Å². The number of phosphoric acid groups is 2. The van der Waals surface area contributed by atoms with Gasteiger partial charge >= 0.3 is 39.5 Å². The topological polar surface area (TPSA) is 237 Å². The van der Waals surface area contributed by atoms with Crippen LogP contribution in [-0.2, 0) is 65.4 Å². The van der Waals surface area contributed by atoms with E-state index in [0.29, 0.717) is 25.7 Å². The van der Waals surface area contributed by atoms with Crippen LogP contribution < -0.4 is 0 Å². The molecule has 0 rings (SSSR count). The molecule has 5 atom stereocenters. The minimum absolute atomic E-state index is 0.106. The highest BCUT2D eigenvalue weighted by atomic mass is 31.2. The Balaban J connectivity index is 5.14. The maximum Gasteiger partial charge on any atom is 0.472 e. The second kappa shape index (κ2) is 64.8. The summed E-state index contributed by atoms with van der Waals surface area (Å²) in [5, 5.41) is 10.5. The molecule has 0 aliphatic heterocycles. The van der Waals surface area contributed by atoms with Crippen molar-refractivity contribution in [2.75, 3.05) is 39.6 Å². The average molecular weight is 1310 g/mol. The van der Waals surface area contributed by atoms with Gasteiger partial charge < -0.3 is 33.8 Å². The lowest BCUT2D eigenvalue weighted by Crippen LogP contribution is -2.30. The predicted octanol–water partition coefficient (Wildman–Crippen LogP) is 20.3. The molecule has 19 heteroatoms. The fourth-order valence-corrected chi connectivity index (χ4v) is 12.3. The van der Waals surface area contributed by atoms with Crippen LogP contribution in [0.3, 0.4) is 0 Å². The molecule has 0 amide bonds. The molecular weight excluding hydrogens is 1170 g/mol. The van der Waals surface area contributed by atoms with Gasteiger partial charge in [-0.1, -0.05) is 317 Å². The van der Waals surface area contributed by atoms with Crippen molar-refractivity contribution in [3.05, 3.63) is 0 Å². The van der Waals surface area contributed by atoms with Crippen molar-refractivity contribution in [2.24, 2.45) is 0 Å². The molecular formula is C70H136O17P2. The summed E-state index contributed by atoms with van der Waals surface area (Å²) < 4.78 is 68.0. The van der Waals surface area contributed by atoms with Crippen LogP contribution >= 0.6 is 15.6 Å². The van der Waals surface area contributed by atoms with Crippen LogP contribution in [0.2, 0.25) is 0 Å². The summed E-state index contributed by atoms with van der Waals surface area (Å²) >= 11 is 0. The van der Waals surface area contributed by atoms with E-state index in [0.717, 1.165) is 96.3 Å². The Kier molecular flexibility index (Phi) is 63.3. The molecule has 0 radical (unpaired) electrons. The lowest BCUT2D eigenvalue weighted by molar-refractivity contribution is -0.161. The molecule has 17 nitrogen and oxygen atoms in total. The molecule has 528 valence electrons. The Morgan fingerprint density at radius 3 is 0.663 bits per heavy atom. The quantitative estimate of drug-likeness (QED) is 0.0222. The van der Waals surface area contributed by atoms with Crippen LogP contribution in [0.1, 0.15) is 368 Å². The molecule has 0 spiro atoms. The van der Waals surface area contributed by atoms with Crippen molar-refractivity contribution < 1.29 is 80.2 Å². The van der Waals surface area contributed by atoms with Crippen molar-refractivity contribution in [3.8, 4) is 0 Å². The van der Waals surface area contributed by atoms with Gasteiger partial charge in [-0.25, -0.2) is 9.13 Å². The maximum atomic E-state index is 13.0. The molecule has 0 fully saturated rings. The highest BCUT2D eigenvalue weighted by molar-refractivity contribution is 7.47. The van der Waals surface area contributed by atoms with Gasteiger partial charge in [0.2, 0.25) is 0 Å². The van der Waals surface area contributed by atoms with Crippen LogP contribution in [0.4, 0.5) is 0 Å². The Morgan fingerprint density at radius 1 is 0.270 bits per heavy atom. The molecule has 0 aromatic rings. The molecule has 89 heavy (non-hydrogen) atoms. The number of hydrogen-bond acceptors (Lipinski definition) is 15. The first-order chi connectivity index (χ1) is 43.2. The third kappa shape index (κ3) is 64.6. The van der Waals surface area contributed by atoms with Gasteiger partial charge in [-0.05, 0) is 25.7 Å². The van der Waals surface area contributed by atoms with Gasteiger partial charge in [0.25, 0.3) is 0 Å². The summed E-state index contributed by atoms with van der Waals surface area (Å²) in [6, 6.07) is 0. The molecule has 0 heterocycles. The molecule has 0 bridgehead atoms. The lowest BCUT2D eigenvalue weighted by atomic mass is 10.0. The normalized spacial score (nSPS) is 14.0. The minimum atomic E-state index is -4.95. The summed E-state index contributed by atoms with van der Waals surface area (Å²) in [5.74, 6) is -2.13. The first-order valence-corrected chi connectivity index (χ1v) is 39.8. The highest BCUT2D eigenvalue weighted by Gasteiger charge is 2.30. The number of carbonyl (C=O) groups is 4. The van der Waals surface area contributed by atoms with Crippen molar-refractivity contribution in [1.82, 2.24) is 0 Å². The molecule has 3 N–H and O–H groups in total. The SMILES string of the molecule is CCCCCCCCCCCCCCCCCCCC(=O)OC[C@H](COP(=O)(O)OC[C@@H](O)COP(=O)(O)OC[C@@H](COC(=O)CCCCCCC)OC(=O)CCCCCCCCCCCC)OC(=O)CCCCCCCCCCCCCCCCCCC. The smallest absolute Gasteiger partial charge is 0.462 e. The second-order valence-corrected chi connectivity index (χ2v) is 28.2. The van der Waals surface area contributed by atoms with Gasteiger partial charge in [0.05, 0.1) is 26.4 Å². The Hall–Kier alpha value is -1.94. The monoisotopic (exact) mass is 1310 g/mol. The number of ether oxygens (including phenoxy) is 4. The zero-order chi connectivity index (χ0) is 65.4. The minimum Gasteiger partial charge on any atom is -0.462 e. The molecule has 0 aromatic carbocycles. The number of carbonyl (C=O) groups excluding carboxylic acids is 4. The molecule has 0 aliphatic rings. The number of phosphoric ester groups is 2. The Bertz CT molecular complexity index is 1710. The van der Waals surface area contributed by atoms with Crippen LogP contribution in [0.25, 0.3) is 0 Å². The summed E-state index contributed by atoms with van der Waals surface area (Å²) in [4.78, 5) is 72.2. The van der Waals surface area contributed by atoms with Gasteiger partial charge in [0, 0.05) is 25.7 Å². The third-order valence-electron chi connectivity index (χ3n) is 16.4. The van der Waals surface area contributed by atoms with Crippen molar-refractivity contribution in [1.29, 1.82) is 0 Å². The van der Waals surface area contributed by atoms with E-state index in [1.165, 1.54) is 193 Å². The van der Waals surface area contributed by atoms with Crippen molar-refractivity contribution in [3.63, 3.8) is 0 Å². The van der Waals surface area contributed by atoms with Crippen molar-refractivity contribution in [2.45, 2.75) is 386 Å². The summed E-state index contributed by atoms with van der Waals surface area (Å²) in [5.41, 5.74) is 0. The molecule has 0 aromatic heterocycles. The first kappa shape index (κ1) is 87.1. The maximum absolute atomic E-state index is 13.0. The van der Waals surface area contributed by atoms with Gasteiger partial charge in [0.1, 0.15) is 19.3 Å². The zero-order valence-electron chi connectivity index (χ0n) is 57.4. The van der Waals surface area contributed by atoms with E-state index in [-0.39, 0.29) is 25.7 Å². The zero-order valence-corrected chi connectivity index (χ0v) is 59.2. The van der Waals surface area contributed by atoms with Gasteiger partial charge in [-0.2, -0.15) is 0 Å². The first-order valence-electron chi connectivity index (χ1n) is 36.8. The van der Waals surface area contributed by atoms with E-state index in [1.807, 2.05) is 0 Å². The number of unbranched alkanes of at least 4 members (excludes halogenated alkanes) is 45. The van der Waals surface area contributed by atoms with Crippen LogP contribution in [0.15, 0.2) is 0 Å². The van der Waals surface area contributed by atoms with Crippen LogP contribution in [0.5, 0.6) is 0 Å². The number of aliphatic hydroxyl groups is 1. The molecule has 2 unspecified atom stereocenters. The Morgan fingerprint density at radius 2 is 0.449 bits per heavy atom. The number of esters is 4. The molecule has 0 saturated heterocycles. The van der Waals surface area contributed by atoms with E-state index in [1.54, 1.807) is 0 Å². The van der Waals surface area contributed by atoms with Gasteiger partial charge in [0.15, 0.2) is 12.2 Å². The second-order valence-electron chi connectivity index (χ2n) is 25.3. The van der Waals surface area contributed by atoms with E-state index in [4.69, 9.17) is 37.0 Å². The number of aliphatic hydroxyl groups excluding tert-OH is 1. The van der Waals surface area contributed by atoms with Gasteiger partial charge in [-0.15, -0.1) is 0 Å². The number of rotatable bonds is 71. The fourth-order valence-electron chi connectivity index (χ4n) is 10.7. The highest BCUT2D eigenvalue weighted by Crippen LogP contribution is 2.45. The fraction of sp³-hybridized carbons (Fsp3) is 0.943. The van der Waals surface area contributed by atoms with E-state index >= 15 is 0 Å². The summed E-state index contributed by atoms with van der Waals surface area (Å²) in [6.07, 6.45) is 53.1. The summed E-state index contributed by atoms with van der Waals surface area (Å²) in [7, 11) is -9.89. The largest absolute Gasteiger partial charge is 0.472 e. The Labute approximate surface area is 543 Å². The summed E-state index contributed by atoms with van der Waals surface area (Å²) in [6.45, 7) is 4.85. The third-order valence-corrected chi connectivity index (χ3v) is 18.3. The average Bonchev–Trinajstić information content (AvgIpc) is 3.70. The molecule has 0 aliphatic carbocycles.